The molecule has 96 valence electrons. The van der Waals surface area contributed by atoms with Crippen molar-refractivity contribution in [2.45, 2.75) is 46.8 Å². The molecule has 1 heterocycles. The monoisotopic (exact) mass is 237 g/mol. The van der Waals surface area contributed by atoms with Gasteiger partial charge in [-0.3, -0.25) is 0 Å². The SMILES string of the molecule is CCCNCc1c(C)nc(C(C)OC)nc1C. The largest absolute Gasteiger partial charge is 0.374 e. The summed E-state index contributed by atoms with van der Waals surface area (Å²) in [6, 6.07) is 0. The van der Waals surface area contributed by atoms with E-state index in [-0.39, 0.29) is 6.10 Å². The van der Waals surface area contributed by atoms with Crippen molar-refractivity contribution in [1.29, 1.82) is 0 Å². The number of aryl methyl sites for hydroxylation is 2. The summed E-state index contributed by atoms with van der Waals surface area (Å²) in [5, 5.41) is 3.38. The van der Waals surface area contributed by atoms with E-state index in [9.17, 15) is 0 Å². The molecule has 0 bridgehead atoms. The van der Waals surface area contributed by atoms with Gasteiger partial charge in [0.15, 0.2) is 5.82 Å². The predicted octanol–water partition coefficient (Wildman–Crippen LogP) is 2.30. The minimum Gasteiger partial charge on any atom is -0.374 e. The van der Waals surface area contributed by atoms with Crippen molar-refractivity contribution in [2.75, 3.05) is 13.7 Å². The van der Waals surface area contributed by atoms with Crippen LogP contribution in [0, 0.1) is 13.8 Å². The van der Waals surface area contributed by atoms with E-state index in [0.717, 1.165) is 36.7 Å². The molecule has 1 unspecified atom stereocenters. The number of hydrogen-bond donors (Lipinski definition) is 1. The van der Waals surface area contributed by atoms with E-state index in [4.69, 9.17) is 4.74 Å². The first kappa shape index (κ1) is 14.1. The van der Waals surface area contributed by atoms with Crippen molar-refractivity contribution in [3.8, 4) is 0 Å². The van der Waals surface area contributed by atoms with E-state index in [0.29, 0.717) is 0 Å². The molecule has 1 rings (SSSR count). The number of ether oxygens (including phenoxy) is 1. The highest BCUT2D eigenvalue weighted by Gasteiger charge is 2.12. The number of hydrogen-bond acceptors (Lipinski definition) is 4. The van der Waals surface area contributed by atoms with Crippen LogP contribution in [0.15, 0.2) is 0 Å². The first-order chi connectivity index (χ1) is 8.10. The van der Waals surface area contributed by atoms with Crippen LogP contribution in [0.4, 0.5) is 0 Å². The summed E-state index contributed by atoms with van der Waals surface area (Å²) in [6.45, 7) is 10.0. The van der Waals surface area contributed by atoms with Gasteiger partial charge in [-0.25, -0.2) is 9.97 Å². The van der Waals surface area contributed by atoms with Crippen LogP contribution in [0.1, 0.15) is 49.1 Å². The van der Waals surface area contributed by atoms with Crippen LogP contribution in [-0.4, -0.2) is 23.6 Å². The quantitative estimate of drug-likeness (QED) is 0.771. The first-order valence-corrected chi connectivity index (χ1v) is 6.17. The van der Waals surface area contributed by atoms with Crippen LogP contribution < -0.4 is 5.32 Å². The molecule has 0 aliphatic heterocycles. The second-order valence-electron chi connectivity index (χ2n) is 4.29. The Bertz CT molecular complexity index is 343. The Kier molecular flexibility index (Phi) is 5.51. The number of methoxy groups -OCH3 is 1. The van der Waals surface area contributed by atoms with Crippen molar-refractivity contribution >= 4 is 0 Å². The highest BCUT2D eigenvalue weighted by molar-refractivity contribution is 5.24. The highest BCUT2D eigenvalue weighted by Crippen LogP contribution is 2.16. The molecule has 0 saturated heterocycles. The Hall–Kier alpha value is -1.00. The summed E-state index contributed by atoms with van der Waals surface area (Å²) < 4.78 is 5.24. The summed E-state index contributed by atoms with van der Waals surface area (Å²) in [6.07, 6.45) is 1.09. The molecular formula is C13H23N3O. The second-order valence-corrected chi connectivity index (χ2v) is 4.29. The third kappa shape index (κ3) is 3.75. The number of nitrogens with zero attached hydrogens (tertiary/aromatic N) is 2. The van der Waals surface area contributed by atoms with Gasteiger partial charge in [0, 0.05) is 30.6 Å². The van der Waals surface area contributed by atoms with E-state index >= 15 is 0 Å². The van der Waals surface area contributed by atoms with Crippen molar-refractivity contribution < 1.29 is 4.74 Å². The van der Waals surface area contributed by atoms with Crippen LogP contribution >= 0.6 is 0 Å². The fraction of sp³-hybridized carbons (Fsp3) is 0.692. The molecule has 0 aliphatic carbocycles. The third-order valence-corrected chi connectivity index (χ3v) is 2.88. The Balaban J connectivity index is 2.86. The average Bonchev–Trinajstić information content (AvgIpc) is 2.31. The molecule has 0 aliphatic rings. The maximum Gasteiger partial charge on any atom is 0.157 e. The maximum absolute atomic E-state index is 5.24. The number of aromatic nitrogens is 2. The summed E-state index contributed by atoms with van der Waals surface area (Å²) in [4.78, 5) is 9.01. The number of rotatable bonds is 6. The van der Waals surface area contributed by atoms with E-state index in [1.165, 1.54) is 5.56 Å². The Labute approximate surface area is 104 Å². The summed E-state index contributed by atoms with van der Waals surface area (Å²) in [7, 11) is 1.68. The van der Waals surface area contributed by atoms with Gasteiger partial charge >= 0.3 is 0 Å². The van der Waals surface area contributed by atoms with Gasteiger partial charge < -0.3 is 10.1 Å². The Morgan fingerprint density at radius 3 is 2.29 bits per heavy atom. The van der Waals surface area contributed by atoms with E-state index in [1.807, 2.05) is 20.8 Å². The normalized spacial score (nSPS) is 12.8. The standard InChI is InChI=1S/C13H23N3O/c1-6-7-14-8-12-9(2)15-13(11(4)17-5)16-10(12)3/h11,14H,6-8H2,1-5H3. The van der Waals surface area contributed by atoms with Gasteiger partial charge in [-0.2, -0.15) is 0 Å². The van der Waals surface area contributed by atoms with Crippen LogP contribution in [0.25, 0.3) is 0 Å². The van der Waals surface area contributed by atoms with E-state index in [2.05, 4.69) is 22.2 Å². The minimum absolute atomic E-state index is 0.0509. The van der Waals surface area contributed by atoms with Crippen LogP contribution in [0.5, 0.6) is 0 Å². The van der Waals surface area contributed by atoms with Crippen molar-refractivity contribution in [3.05, 3.63) is 22.8 Å². The first-order valence-electron chi connectivity index (χ1n) is 6.17. The zero-order valence-electron chi connectivity index (χ0n) is 11.5. The maximum atomic E-state index is 5.24. The second kappa shape index (κ2) is 6.67. The topological polar surface area (TPSA) is 47.0 Å². The molecule has 1 N–H and O–H groups in total. The molecule has 1 atom stereocenters. The van der Waals surface area contributed by atoms with Gasteiger partial charge in [0.1, 0.15) is 6.10 Å². The molecule has 0 fully saturated rings. The average molecular weight is 237 g/mol. The van der Waals surface area contributed by atoms with Gasteiger partial charge in [0.25, 0.3) is 0 Å². The molecule has 0 amide bonds. The molecule has 0 spiro atoms. The number of nitrogens with one attached hydrogen (secondary N) is 1. The van der Waals surface area contributed by atoms with Gasteiger partial charge in [-0.05, 0) is 33.7 Å². The van der Waals surface area contributed by atoms with E-state index < -0.39 is 0 Å². The van der Waals surface area contributed by atoms with Crippen LogP contribution in [0.3, 0.4) is 0 Å². The summed E-state index contributed by atoms with van der Waals surface area (Å²) in [5.41, 5.74) is 3.28. The Morgan fingerprint density at radius 1 is 1.24 bits per heavy atom. The molecule has 1 aromatic rings. The van der Waals surface area contributed by atoms with E-state index in [1.54, 1.807) is 7.11 Å². The van der Waals surface area contributed by atoms with Crippen LogP contribution in [0.2, 0.25) is 0 Å². The minimum atomic E-state index is -0.0509. The smallest absolute Gasteiger partial charge is 0.157 e. The molecule has 4 nitrogen and oxygen atoms in total. The Morgan fingerprint density at radius 2 is 1.82 bits per heavy atom. The molecule has 17 heavy (non-hydrogen) atoms. The lowest BCUT2D eigenvalue weighted by Crippen LogP contribution is -2.18. The fourth-order valence-corrected chi connectivity index (χ4v) is 1.70. The van der Waals surface area contributed by atoms with Crippen LogP contribution in [-0.2, 0) is 11.3 Å². The third-order valence-electron chi connectivity index (χ3n) is 2.88. The lowest BCUT2D eigenvalue weighted by Gasteiger charge is -2.14. The molecular weight excluding hydrogens is 214 g/mol. The predicted molar refractivity (Wildman–Crippen MR) is 68.9 cm³/mol. The molecule has 1 aromatic heterocycles. The molecule has 0 radical (unpaired) electrons. The molecule has 0 saturated carbocycles. The van der Waals surface area contributed by atoms with Crippen molar-refractivity contribution in [3.63, 3.8) is 0 Å². The van der Waals surface area contributed by atoms with Gasteiger partial charge in [-0.15, -0.1) is 0 Å². The van der Waals surface area contributed by atoms with Gasteiger partial charge in [0.05, 0.1) is 0 Å². The molecule has 0 aromatic carbocycles. The summed E-state index contributed by atoms with van der Waals surface area (Å²) >= 11 is 0. The lowest BCUT2D eigenvalue weighted by atomic mass is 10.1. The van der Waals surface area contributed by atoms with Crippen molar-refractivity contribution in [2.24, 2.45) is 0 Å². The zero-order chi connectivity index (χ0) is 12.8. The van der Waals surface area contributed by atoms with Gasteiger partial charge in [-0.1, -0.05) is 6.92 Å². The lowest BCUT2D eigenvalue weighted by molar-refractivity contribution is 0.111. The van der Waals surface area contributed by atoms with Crippen molar-refractivity contribution in [1.82, 2.24) is 15.3 Å². The van der Waals surface area contributed by atoms with Gasteiger partial charge in [0.2, 0.25) is 0 Å². The molecule has 4 heteroatoms. The zero-order valence-corrected chi connectivity index (χ0v) is 11.5. The highest BCUT2D eigenvalue weighted by atomic mass is 16.5. The summed E-state index contributed by atoms with van der Waals surface area (Å²) in [5.74, 6) is 0.766. The fourth-order valence-electron chi connectivity index (χ4n) is 1.70.